The highest BCUT2D eigenvalue weighted by Gasteiger charge is 2.10. The molecule has 1 rings (SSSR count). The summed E-state index contributed by atoms with van der Waals surface area (Å²) in [6.45, 7) is 2.06. The SMILES string of the molecule is CCOC(=O)CC=Cc1ccc(OC)c(O)c1C=O. The molecule has 0 heterocycles. The Morgan fingerprint density at radius 2 is 2.16 bits per heavy atom. The van der Waals surface area contributed by atoms with Crippen LogP contribution in [0.25, 0.3) is 6.08 Å². The Hall–Kier alpha value is -2.30. The standard InChI is InChI=1S/C14H16O5/c1-3-19-13(16)6-4-5-10-7-8-12(18-2)14(17)11(10)9-15/h4-5,7-9,17H,3,6H2,1-2H3. The predicted octanol–water partition coefficient (Wildman–Crippen LogP) is 2.18. The van der Waals surface area contributed by atoms with E-state index in [2.05, 4.69) is 0 Å². The lowest BCUT2D eigenvalue weighted by Crippen LogP contribution is -2.01. The average Bonchev–Trinajstić information content (AvgIpc) is 2.39. The van der Waals surface area contributed by atoms with Gasteiger partial charge in [0.1, 0.15) is 0 Å². The number of ether oxygens (including phenoxy) is 2. The minimum Gasteiger partial charge on any atom is -0.504 e. The molecule has 0 aliphatic heterocycles. The van der Waals surface area contributed by atoms with E-state index in [1.807, 2.05) is 0 Å². The summed E-state index contributed by atoms with van der Waals surface area (Å²) < 4.78 is 9.68. The molecule has 5 nitrogen and oxygen atoms in total. The largest absolute Gasteiger partial charge is 0.504 e. The molecule has 0 aliphatic carbocycles. The van der Waals surface area contributed by atoms with Gasteiger partial charge in [-0.05, 0) is 18.6 Å². The van der Waals surface area contributed by atoms with Gasteiger partial charge in [0.05, 0.1) is 25.7 Å². The maximum absolute atomic E-state index is 11.1. The number of aromatic hydroxyl groups is 1. The summed E-state index contributed by atoms with van der Waals surface area (Å²) in [5.74, 6) is -0.329. The quantitative estimate of drug-likeness (QED) is 0.629. The van der Waals surface area contributed by atoms with Crippen LogP contribution < -0.4 is 4.74 Å². The zero-order chi connectivity index (χ0) is 14.3. The Balaban J connectivity index is 2.89. The van der Waals surface area contributed by atoms with Crippen LogP contribution in [0.15, 0.2) is 18.2 Å². The Morgan fingerprint density at radius 3 is 2.74 bits per heavy atom. The number of methoxy groups -OCH3 is 1. The number of carbonyl (C=O) groups is 2. The number of rotatable bonds is 6. The number of carbonyl (C=O) groups excluding carboxylic acids is 2. The number of benzene rings is 1. The zero-order valence-electron chi connectivity index (χ0n) is 10.9. The molecule has 102 valence electrons. The first-order valence-electron chi connectivity index (χ1n) is 5.81. The molecule has 0 aromatic heterocycles. The van der Waals surface area contributed by atoms with Gasteiger partial charge in [0.2, 0.25) is 0 Å². The minimum absolute atomic E-state index is 0.110. The van der Waals surface area contributed by atoms with Crippen molar-refractivity contribution in [2.75, 3.05) is 13.7 Å². The third-order valence-corrected chi connectivity index (χ3v) is 2.44. The molecular formula is C14H16O5. The van der Waals surface area contributed by atoms with E-state index in [0.717, 1.165) is 0 Å². The molecule has 1 aromatic carbocycles. The van der Waals surface area contributed by atoms with E-state index < -0.39 is 0 Å². The lowest BCUT2D eigenvalue weighted by Gasteiger charge is -2.07. The fourth-order valence-corrected chi connectivity index (χ4v) is 1.54. The molecule has 0 radical (unpaired) electrons. The van der Waals surface area contributed by atoms with Gasteiger partial charge in [0.25, 0.3) is 0 Å². The Bertz CT molecular complexity index is 491. The van der Waals surface area contributed by atoms with Crippen molar-refractivity contribution >= 4 is 18.3 Å². The summed E-state index contributed by atoms with van der Waals surface area (Å²) in [4.78, 5) is 22.1. The fraction of sp³-hybridized carbons (Fsp3) is 0.286. The van der Waals surface area contributed by atoms with Crippen LogP contribution in [0.1, 0.15) is 29.3 Å². The van der Waals surface area contributed by atoms with E-state index >= 15 is 0 Å². The van der Waals surface area contributed by atoms with Crippen molar-refractivity contribution in [3.8, 4) is 11.5 Å². The van der Waals surface area contributed by atoms with Crippen molar-refractivity contribution in [1.29, 1.82) is 0 Å². The van der Waals surface area contributed by atoms with Crippen LogP contribution in [0.5, 0.6) is 11.5 Å². The molecule has 0 fully saturated rings. The van der Waals surface area contributed by atoms with E-state index in [1.165, 1.54) is 7.11 Å². The lowest BCUT2D eigenvalue weighted by atomic mass is 10.1. The van der Waals surface area contributed by atoms with Crippen LogP contribution in [-0.4, -0.2) is 31.1 Å². The first-order valence-corrected chi connectivity index (χ1v) is 5.81. The maximum atomic E-state index is 11.1. The van der Waals surface area contributed by atoms with Gasteiger partial charge < -0.3 is 14.6 Å². The van der Waals surface area contributed by atoms with Crippen molar-refractivity contribution < 1.29 is 24.2 Å². The van der Waals surface area contributed by atoms with E-state index in [1.54, 1.807) is 31.2 Å². The normalized spacial score (nSPS) is 10.4. The number of aldehydes is 1. The van der Waals surface area contributed by atoms with Gasteiger partial charge in [0.15, 0.2) is 17.8 Å². The molecule has 5 heteroatoms. The Kier molecular flexibility index (Phi) is 5.60. The van der Waals surface area contributed by atoms with Gasteiger partial charge in [-0.1, -0.05) is 18.2 Å². The molecule has 1 aromatic rings. The highest BCUT2D eigenvalue weighted by atomic mass is 16.5. The van der Waals surface area contributed by atoms with Gasteiger partial charge >= 0.3 is 5.97 Å². The fourth-order valence-electron chi connectivity index (χ4n) is 1.54. The predicted molar refractivity (Wildman–Crippen MR) is 70.3 cm³/mol. The third kappa shape index (κ3) is 3.84. The number of esters is 1. The molecule has 0 aliphatic rings. The summed E-state index contributed by atoms with van der Waals surface area (Å²) in [6.07, 6.45) is 3.81. The van der Waals surface area contributed by atoms with Crippen molar-refractivity contribution in [2.45, 2.75) is 13.3 Å². The Labute approximate surface area is 111 Å². The van der Waals surface area contributed by atoms with Crippen LogP contribution in [-0.2, 0) is 9.53 Å². The van der Waals surface area contributed by atoms with Crippen LogP contribution >= 0.6 is 0 Å². The number of hydrogen-bond donors (Lipinski definition) is 1. The summed E-state index contributed by atoms with van der Waals surface area (Å²) in [5.41, 5.74) is 0.636. The van der Waals surface area contributed by atoms with E-state index in [4.69, 9.17) is 9.47 Å². The molecule has 1 N–H and O–H groups in total. The van der Waals surface area contributed by atoms with Crippen LogP contribution in [0.4, 0.5) is 0 Å². The van der Waals surface area contributed by atoms with Gasteiger partial charge in [-0.2, -0.15) is 0 Å². The van der Waals surface area contributed by atoms with E-state index in [-0.39, 0.29) is 29.5 Å². The second-order valence-electron chi connectivity index (χ2n) is 3.65. The number of phenols is 1. The molecule has 0 spiro atoms. The van der Waals surface area contributed by atoms with Crippen LogP contribution in [0.2, 0.25) is 0 Å². The van der Waals surface area contributed by atoms with Gasteiger partial charge in [-0.15, -0.1) is 0 Å². The number of phenolic OH excluding ortho intramolecular Hbond substituents is 1. The zero-order valence-corrected chi connectivity index (χ0v) is 10.9. The molecule has 0 saturated carbocycles. The Morgan fingerprint density at radius 1 is 1.42 bits per heavy atom. The summed E-state index contributed by atoms with van der Waals surface area (Å²) in [7, 11) is 1.40. The molecule has 0 unspecified atom stereocenters. The van der Waals surface area contributed by atoms with Gasteiger partial charge in [-0.25, -0.2) is 0 Å². The van der Waals surface area contributed by atoms with Crippen LogP contribution in [0.3, 0.4) is 0 Å². The molecular weight excluding hydrogens is 248 g/mol. The topological polar surface area (TPSA) is 72.8 Å². The second kappa shape index (κ2) is 7.20. The molecule has 0 saturated heterocycles. The van der Waals surface area contributed by atoms with Gasteiger partial charge in [-0.3, -0.25) is 9.59 Å². The smallest absolute Gasteiger partial charge is 0.309 e. The highest BCUT2D eigenvalue weighted by Crippen LogP contribution is 2.31. The molecule has 0 atom stereocenters. The lowest BCUT2D eigenvalue weighted by molar-refractivity contribution is -0.142. The van der Waals surface area contributed by atoms with E-state index in [9.17, 15) is 14.7 Å². The van der Waals surface area contributed by atoms with Crippen molar-refractivity contribution in [3.63, 3.8) is 0 Å². The van der Waals surface area contributed by atoms with Crippen LogP contribution in [0, 0.1) is 0 Å². The molecule has 0 amide bonds. The maximum Gasteiger partial charge on any atom is 0.309 e. The summed E-state index contributed by atoms with van der Waals surface area (Å²) in [6, 6.07) is 3.18. The summed E-state index contributed by atoms with van der Waals surface area (Å²) >= 11 is 0. The first kappa shape index (κ1) is 14.8. The first-order chi connectivity index (χ1) is 9.13. The van der Waals surface area contributed by atoms with Gasteiger partial charge in [0, 0.05) is 0 Å². The monoisotopic (exact) mass is 264 g/mol. The minimum atomic E-state index is -0.343. The van der Waals surface area contributed by atoms with Crippen molar-refractivity contribution in [2.24, 2.45) is 0 Å². The van der Waals surface area contributed by atoms with Crippen molar-refractivity contribution in [3.05, 3.63) is 29.3 Å². The van der Waals surface area contributed by atoms with E-state index in [0.29, 0.717) is 18.5 Å². The highest BCUT2D eigenvalue weighted by molar-refractivity contribution is 5.87. The third-order valence-electron chi connectivity index (χ3n) is 2.44. The second-order valence-corrected chi connectivity index (χ2v) is 3.65. The number of hydrogen-bond acceptors (Lipinski definition) is 5. The molecule has 0 bridgehead atoms. The molecule has 19 heavy (non-hydrogen) atoms. The summed E-state index contributed by atoms with van der Waals surface area (Å²) in [5, 5.41) is 9.78. The average molecular weight is 264 g/mol. The van der Waals surface area contributed by atoms with Crippen molar-refractivity contribution in [1.82, 2.24) is 0 Å².